The Morgan fingerprint density at radius 3 is 2.90 bits per heavy atom. The Balaban J connectivity index is 1.85. The van der Waals surface area contributed by atoms with E-state index in [1.807, 2.05) is 0 Å². The molecule has 1 N–H and O–H groups in total. The Morgan fingerprint density at radius 1 is 1.29 bits per heavy atom. The van der Waals surface area contributed by atoms with Crippen molar-refractivity contribution in [1.29, 1.82) is 0 Å². The van der Waals surface area contributed by atoms with E-state index >= 15 is 0 Å². The van der Waals surface area contributed by atoms with Crippen LogP contribution in [0.25, 0.3) is 0 Å². The largest absolute Gasteiger partial charge is 0.493 e. The lowest BCUT2D eigenvalue weighted by atomic mass is 10.0. The van der Waals surface area contributed by atoms with E-state index in [2.05, 4.69) is 53.0 Å². The molecule has 0 spiro atoms. The molecule has 110 valence electrons. The number of anilines is 1. The van der Waals surface area contributed by atoms with Crippen LogP contribution in [0.2, 0.25) is 0 Å². The van der Waals surface area contributed by atoms with E-state index in [4.69, 9.17) is 4.74 Å². The quantitative estimate of drug-likeness (QED) is 0.739. The van der Waals surface area contributed by atoms with Gasteiger partial charge in [0.15, 0.2) is 0 Å². The number of rotatable bonds is 4. The van der Waals surface area contributed by atoms with Crippen LogP contribution in [-0.4, -0.2) is 6.61 Å². The Hall–Kier alpha value is -1.30. The highest BCUT2D eigenvalue weighted by Gasteiger charge is 2.16. The summed E-state index contributed by atoms with van der Waals surface area (Å²) in [7, 11) is 0. The normalized spacial score (nSPS) is 14.4. The molecule has 1 atom stereocenters. The van der Waals surface area contributed by atoms with Crippen molar-refractivity contribution in [3.8, 4) is 5.75 Å². The van der Waals surface area contributed by atoms with Crippen LogP contribution in [0, 0.1) is 9.39 Å². The molecule has 1 unspecified atom stereocenters. The van der Waals surface area contributed by atoms with E-state index in [1.54, 1.807) is 12.1 Å². The van der Waals surface area contributed by atoms with Gasteiger partial charge < -0.3 is 10.1 Å². The van der Waals surface area contributed by atoms with Crippen molar-refractivity contribution >= 4 is 28.3 Å². The number of benzene rings is 2. The molecule has 2 aromatic rings. The SMILES string of the molecule is CCC(Nc1ccc(F)cc1I)c1ccc2c(c1)CCO2. The lowest BCUT2D eigenvalue weighted by molar-refractivity contribution is 0.357. The molecule has 2 aromatic carbocycles. The van der Waals surface area contributed by atoms with Gasteiger partial charge in [-0.3, -0.25) is 0 Å². The molecule has 1 heterocycles. The maximum absolute atomic E-state index is 13.2. The van der Waals surface area contributed by atoms with Crippen LogP contribution in [0.1, 0.15) is 30.5 Å². The molecule has 4 heteroatoms. The second-order valence-electron chi connectivity index (χ2n) is 5.19. The van der Waals surface area contributed by atoms with E-state index in [0.29, 0.717) is 0 Å². The monoisotopic (exact) mass is 397 g/mol. The Morgan fingerprint density at radius 2 is 2.14 bits per heavy atom. The van der Waals surface area contributed by atoms with Crippen molar-refractivity contribution in [3.63, 3.8) is 0 Å². The molecule has 0 aliphatic carbocycles. The molecule has 1 aliphatic heterocycles. The maximum atomic E-state index is 13.2. The van der Waals surface area contributed by atoms with Gasteiger partial charge in [0.2, 0.25) is 0 Å². The van der Waals surface area contributed by atoms with Gasteiger partial charge in [-0.1, -0.05) is 13.0 Å². The summed E-state index contributed by atoms with van der Waals surface area (Å²) >= 11 is 2.16. The predicted molar refractivity (Wildman–Crippen MR) is 91.4 cm³/mol. The lowest BCUT2D eigenvalue weighted by Gasteiger charge is -2.20. The van der Waals surface area contributed by atoms with Crippen molar-refractivity contribution < 1.29 is 9.13 Å². The van der Waals surface area contributed by atoms with Crippen molar-refractivity contribution in [1.82, 2.24) is 0 Å². The minimum Gasteiger partial charge on any atom is -0.493 e. The van der Waals surface area contributed by atoms with Gasteiger partial charge >= 0.3 is 0 Å². The van der Waals surface area contributed by atoms with Gasteiger partial charge in [-0.2, -0.15) is 0 Å². The first-order valence-corrected chi connectivity index (χ1v) is 8.22. The number of hydrogen-bond donors (Lipinski definition) is 1. The lowest BCUT2D eigenvalue weighted by Crippen LogP contribution is -2.11. The van der Waals surface area contributed by atoms with E-state index in [-0.39, 0.29) is 11.9 Å². The van der Waals surface area contributed by atoms with Crippen LogP contribution in [0.5, 0.6) is 5.75 Å². The summed E-state index contributed by atoms with van der Waals surface area (Å²) in [6, 6.07) is 11.4. The summed E-state index contributed by atoms with van der Waals surface area (Å²) in [5, 5.41) is 3.52. The zero-order valence-electron chi connectivity index (χ0n) is 11.8. The topological polar surface area (TPSA) is 21.3 Å². The van der Waals surface area contributed by atoms with Crippen molar-refractivity contribution in [2.24, 2.45) is 0 Å². The average molecular weight is 397 g/mol. The fraction of sp³-hybridized carbons (Fsp3) is 0.294. The van der Waals surface area contributed by atoms with Crippen molar-refractivity contribution in [2.45, 2.75) is 25.8 Å². The fourth-order valence-electron chi connectivity index (χ4n) is 2.64. The molecule has 0 aromatic heterocycles. The number of ether oxygens (including phenoxy) is 1. The summed E-state index contributed by atoms with van der Waals surface area (Å²) < 4.78 is 19.6. The third-order valence-electron chi connectivity index (χ3n) is 3.78. The molecule has 0 amide bonds. The molecular weight excluding hydrogens is 380 g/mol. The second-order valence-corrected chi connectivity index (χ2v) is 6.36. The zero-order valence-corrected chi connectivity index (χ0v) is 14.0. The highest BCUT2D eigenvalue weighted by molar-refractivity contribution is 14.1. The first-order valence-electron chi connectivity index (χ1n) is 7.14. The number of halogens is 2. The highest BCUT2D eigenvalue weighted by Crippen LogP contribution is 2.31. The first-order chi connectivity index (χ1) is 10.2. The summed E-state index contributed by atoms with van der Waals surface area (Å²) in [6.45, 7) is 2.93. The van der Waals surface area contributed by atoms with Crippen molar-refractivity contribution in [3.05, 3.63) is 56.9 Å². The molecule has 0 saturated heterocycles. The van der Waals surface area contributed by atoms with Gasteiger partial charge in [0.05, 0.1) is 12.6 Å². The molecule has 0 bridgehead atoms. The smallest absolute Gasteiger partial charge is 0.124 e. The maximum Gasteiger partial charge on any atom is 0.124 e. The standard InChI is InChI=1S/C17H17FINO/c1-2-15(20-16-5-4-13(18)10-14(16)19)11-3-6-17-12(9-11)7-8-21-17/h3-6,9-10,15,20H,2,7-8H2,1H3. The summed E-state index contributed by atoms with van der Waals surface area (Å²) in [5.74, 6) is 0.803. The molecule has 2 nitrogen and oxygen atoms in total. The van der Waals surface area contributed by atoms with Gasteiger partial charge in [0.25, 0.3) is 0 Å². The van der Waals surface area contributed by atoms with Crippen LogP contribution < -0.4 is 10.1 Å². The number of fused-ring (bicyclic) bond motifs is 1. The molecular formula is C17H17FINO. The van der Waals surface area contributed by atoms with Crippen LogP contribution in [0.15, 0.2) is 36.4 Å². The van der Waals surface area contributed by atoms with Crippen LogP contribution in [-0.2, 0) is 6.42 Å². The molecule has 0 fully saturated rings. The van der Waals surface area contributed by atoms with Crippen molar-refractivity contribution in [2.75, 3.05) is 11.9 Å². The summed E-state index contributed by atoms with van der Waals surface area (Å²) in [4.78, 5) is 0. The van der Waals surface area contributed by atoms with E-state index in [9.17, 15) is 4.39 Å². The second kappa shape index (κ2) is 6.22. The van der Waals surface area contributed by atoms with Crippen LogP contribution in [0.4, 0.5) is 10.1 Å². The number of nitrogens with one attached hydrogen (secondary N) is 1. The molecule has 0 saturated carbocycles. The number of hydrogen-bond acceptors (Lipinski definition) is 2. The highest BCUT2D eigenvalue weighted by atomic mass is 127. The Kier molecular flexibility index (Phi) is 4.33. The summed E-state index contributed by atoms with van der Waals surface area (Å²) in [5.41, 5.74) is 3.50. The van der Waals surface area contributed by atoms with Crippen LogP contribution >= 0.6 is 22.6 Å². The van der Waals surface area contributed by atoms with E-state index in [1.165, 1.54) is 17.2 Å². The molecule has 0 radical (unpaired) electrons. The van der Waals surface area contributed by atoms with Gasteiger partial charge in [0, 0.05) is 15.7 Å². The average Bonchev–Trinajstić information content (AvgIpc) is 2.94. The molecule has 3 rings (SSSR count). The van der Waals surface area contributed by atoms with Gasteiger partial charge in [-0.05, 0) is 70.5 Å². The Labute approximate surface area is 137 Å². The first kappa shape index (κ1) is 14.6. The van der Waals surface area contributed by atoms with Gasteiger partial charge in [-0.25, -0.2) is 4.39 Å². The minimum atomic E-state index is -0.201. The third kappa shape index (κ3) is 3.15. The minimum absolute atomic E-state index is 0.201. The van der Waals surface area contributed by atoms with Crippen LogP contribution in [0.3, 0.4) is 0 Å². The third-order valence-corrected chi connectivity index (χ3v) is 4.68. The van der Waals surface area contributed by atoms with E-state index in [0.717, 1.165) is 34.5 Å². The zero-order chi connectivity index (χ0) is 14.8. The Bertz CT molecular complexity index is 659. The van der Waals surface area contributed by atoms with Gasteiger partial charge in [-0.15, -0.1) is 0 Å². The fourth-order valence-corrected chi connectivity index (χ4v) is 3.27. The van der Waals surface area contributed by atoms with Gasteiger partial charge in [0.1, 0.15) is 11.6 Å². The molecule has 1 aliphatic rings. The predicted octanol–water partition coefficient (Wildman–Crippen LogP) is 4.93. The van der Waals surface area contributed by atoms with E-state index < -0.39 is 0 Å². The summed E-state index contributed by atoms with van der Waals surface area (Å²) in [6.07, 6.45) is 1.95. The molecule has 21 heavy (non-hydrogen) atoms.